The van der Waals surface area contributed by atoms with Gasteiger partial charge in [-0.25, -0.2) is 22.0 Å². The monoisotopic (exact) mass is 670 g/mol. The minimum Gasteiger partial charge on any atom is -0.448 e. The second kappa shape index (κ2) is 14.0. The number of aromatic nitrogens is 2. The molecule has 2 N–H and O–H groups in total. The molecule has 0 spiro atoms. The zero-order valence-corrected chi connectivity index (χ0v) is 27.2. The van der Waals surface area contributed by atoms with Crippen LogP contribution in [0.5, 0.6) is 0 Å². The predicted molar refractivity (Wildman–Crippen MR) is 173 cm³/mol. The standard InChI is InChI=1S/C32H36F2N6O6S/c1-5-46-32(42)40-29-9-7-24(47(43,44)25-15-21(33)14-22(34)16-25)18-27(29)30(37-40)36-31(41)26-8-6-23(39-12-10-38(3)11-13-39)17-28(26)35-20(2)19-45-4/h6-9,14-18,20,35H,5,10-13,19H2,1-4H3,(H,36,37,41)/t20-/m1/s1. The van der Waals surface area contributed by atoms with Crippen LogP contribution in [0.4, 0.5) is 30.8 Å². The van der Waals surface area contributed by atoms with Crippen molar-refractivity contribution in [2.24, 2.45) is 0 Å². The molecule has 0 aliphatic carbocycles. The van der Waals surface area contributed by atoms with Crippen LogP contribution in [0.2, 0.25) is 0 Å². The molecule has 0 saturated carbocycles. The lowest BCUT2D eigenvalue weighted by Crippen LogP contribution is -2.44. The largest absolute Gasteiger partial charge is 0.448 e. The van der Waals surface area contributed by atoms with Gasteiger partial charge in [-0.1, -0.05) is 0 Å². The summed E-state index contributed by atoms with van der Waals surface area (Å²) in [6, 6.07) is 10.9. The number of hydrogen-bond acceptors (Lipinski definition) is 10. The molecule has 1 fully saturated rings. The lowest BCUT2D eigenvalue weighted by molar-refractivity contribution is 0.102. The Hall–Kier alpha value is -4.60. The number of anilines is 3. The number of benzene rings is 3. The molecule has 12 nitrogen and oxygen atoms in total. The lowest BCUT2D eigenvalue weighted by Gasteiger charge is -2.34. The number of rotatable bonds is 10. The van der Waals surface area contributed by atoms with E-state index >= 15 is 0 Å². The molecule has 1 amide bonds. The van der Waals surface area contributed by atoms with Gasteiger partial charge in [0.1, 0.15) is 11.6 Å². The van der Waals surface area contributed by atoms with Crippen LogP contribution in [0.15, 0.2) is 64.4 Å². The molecule has 0 unspecified atom stereocenters. The molecule has 5 rings (SSSR count). The summed E-state index contributed by atoms with van der Waals surface area (Å²) < 4.78 is 65.9. The number of hydrogen-bond donors (Lipinski definition) is 2. The van der Waals surface area contributed by atoms with Crippen molar-refractivity contribution < 1.29 is 36.3 Å². The van der Waals surface area contributed by atoms with Crippen LogP contribution in [0.3, 0.4) is 0 Å². The molecule has 15 heteroatoms. The number of methoxy groups -OCH3 is 1. The average Bonchev–Trinajstić information content (AvgIpc) is 3.38. The summed E-state index contributed by atoms with van der Waals surface area (Å²) in [5.41, 5.74) is 1.88. The Balaban J connectivity index is 1.55. The molecular weight excluding hydrogens is 634 g/mol. The normalized spacial score (nSPS) is 14.6. The van der Waals surface area contributed by atoms with E-state index < -0.39 is 38.4 Å². The van der Waals surface area contributed by atoms with Crippen molar-refractivity contribution in [3.63, 3.8) is 0 Å². The number of fused-ring (bicyclic) bond motifs is 1. The van der Waals surface area contributed by atoms with Crippen LogP contribution in [0.1, 0.15) is 24.2 Å². The fourth-order valence-corrected chi connectivity index (χ4v) is 6.67. The van der Waals surface area contributed by atoms with E-state index in [1.165, 1.54) is 18.2 Å². The minimum atomic E-state index is -4.41. The maximum Gasteiger partial charge on any atom is 0.435 e. The SMILES string of the molecule is CCOC(=O)n1nc(NC(=O)c2ccc(N3CCN(C)CC3)cc2N[C@H](C)COC)c2cc(S(=O)(=O)c3cc(F)cc(F)c3)ccc21. The van der Waals surface area contributed by atoms with Crippen molar-refractivity contribution in [3.8, 4) is 0 Å². The Morgan fingerprint density at radius 1 is 0.979 bits per heavy atom. The van der Waals surface area contributed by atoms with E-state index in [1.54, 1.807) is 20.1 Å². The maximum atomic E-state index is 13.9. The van der Waals surface area contributed by atoms with Gasteiger partial charge in [-0.2, -0.15) is 4.68 Å². The number of carbonyl (C=O) groups excluding carboxylic acids is 2. The van der Waals surface area contributed by atoms with E-state index in [4.69, 9.17) is 9.47 Å². The van der Waals surface area contributed by atoms with E-state index in [9.17, 15) is 26.8 Å². The Kier molecular flexibility index (Phi) is 10.1. The van der Waals surface area contributed by atoms with Crippen molar-refractivity contribution in [2.45, 2.75) is 29.7 Å². The van der Waals surface area contributed by atoms with Crippen LogP contribution >= 0.6 is 0 Å². The van der Waals surface area contributed by atoms with Crippen LogP contribution in [-0.2, 0) is 19.3 Å². The van der Waals surface area contributed by atoms with Crippen LogP contribution in [0.25, 0.3) is 10.9 Å². The molecule has 2 heterocycles. The smallest absolute Gasteiger partial charge is 0.435 e. The van der Waals surface area contributed by atoms with Gasteiger partial charge >= 0.3 is 6.09 Å². The Morgan fingerprint density at radius 3 is 2.34 bits per heavy atom. The molecule has 1 aliphatic heterocycles. The summed E-state index contributed by atoms with van der Waals surface area (Å²) in [5.74, 6) is -2.83. The Morgan fingerprint density at radius 2 is 1.68 bits per heavy atom. The molecule has 1 saturated heterocycles. The molecule has 0 bridgehead atoms. The molecule has 47 heavy (non-hydrogen) atoms. The molecule has 1 aromatic heterocycles. The van der Waals surface area contributed by atoms with Gasteiger partial charge in [-0.15, -0.1) is 5.10 Å². The third-order valence-electron chi connectivity index (χ3n) is 7.72. The van der Waals surface area contributed by atoms with Crippen LogP contribution in [-0.4, -0.2) is 94.7 Å². The first kappa shape index (κ1) is 33.8. The molecule has 0 radical (unpaired) electrons. The zero-order chi connectivity index (χ0) is 33.9. The van der Waals surface area contributed by atoms with Crippen LogP contribution in [0, 0.1) is 11.6 Å². The average molecular weight is 671 g/mol. The number of carbonyl (C=O) groups is 2. The summed E-state index contributed by atoms with van der Waals surface area (Å²) >= 11 is 0. The fourth-order valence-electron chi connectivity index (χ4n) is 5.34. The first-order valence-electron chi connectivity index (χ1n) is 15.0. The zero-order valence-electron chi connectivity index (χ0n) is 26.4. The van der Waals surface area contributed by atoms with Gasteiger partial charge in [0.05, 0.1) is 34.1 Å². The van der Waals surface area contributed by atoms with Crippen molar-refractivity contribution in [1.82, 2.24) is 14.7 Å². The van der Waals surface area contributed by atoms with E-state index in [0.717, 1.165) is 36.5 Å². The maximum absolute atomic E-state index is 13.9. The van der Waals surface area contributed by atoms with Gasteiger partial charge in [0, 0.05) is 62.2 Å². The van der Waals surface area contributed by atoms with Gasteiger partial charge in [0.25, 0.3) is 5.91 Å². The third-order valence-corrected chi connectivity index (χ3v) is 9.45. The summed E-state index contributed by atoms with van der Waals surface area (Å²) in [5, 5.41) is 10.4. The van der Waals surface area contributed by atoms with Crippen molar-refractivity contribution in [3.05, 3.63) is 71.8 Å². The lowest BCUT2D eigenvalue weighted by atomic mass is 10.1. The number of halogens is 2. The molecule has 1 aliphatic rings. The highest BCUT2D eigenvalue weighted by molar-refractivity contribution is 7.91. The van der Waals surface area contributed by atoms with Gasteiger partial charge in [0.2, 0.25) is 9.84 Å². The van der Waals surface area contributed by atoms with E-state index in [-0.39, 0.29) is 39.8 Å². The van der Waals surface area contributed by atoms with Gasteiger partial charge in [-0.3, -0.25) is 4.79 Å². The van der Waals surface area contributed by atoms with Crippen LogP contribution < -0.4 is 15.5 Å². The molecule has 4 aromatic rings. The molecule has 1 atom stereocenters. The van der Waals surface area contributed by atoms with E-state index in [0.29, 0.717) is 30.5 Å². The number of likely N-dealkylation sites (N-methyl/N-ethyl adjacent to an activating group) is 1. The number of nitrogens with one attached hydrogen (secondary N) is 2. The second-order valence-electron chi connectivity index (χ2n) is 11.2. The first-order chi connectivity index (χ1) is 22.4. The third kappa shape index (κ3) is 7.37. The summed E-state index contributed by atoms with van der Waals surface area (Å²) in [6.45, 7) is 7.36. The highest BCUT2D eigenvalue weighted by Crippen LogP contribution is 2.32. The van der Waals surface area contributed by atoms with Crippen molar-refractivity contribution in [1.29, 1.82) is 0 Å². The van der Waals surface area contributed by atoms with Gasteiger partial charge in [-0.05, 0) is 69.4 Å². The number of piperazine rings is 1. The highest BCUT2D eigenvalue weighted by atomic mass is 32.2. The van der Waals surface area contributed by atoms with E-state index in [2.05, 4.69) is 32.6 Å². The topological polar surface area (TPSA) is 135 Å². The highest BCUT2D eigenvalue weighted by Gasteiger charge is 2.26. The Labute approximate surface area is 271 Å². The molecule has 250 valence electrons. The van der Waals surface area contributed by atoms with Gasteiger partial charge < -0.3 is 29.9 Å². The molecule has 3 aromatic carbocycles. The summed E-state index contributed by atoms with van der Waals surface area (Å²) in [4.78, 5) is 30.2. The quantitative estimate of drug-likeness (QED) is 0.247. The predicted octanol–water partition coefficient (Wildman–Crippen LogP) is 4.60. The number of amides is 1. The number of ether oxygens (including phenoxy) is 2. The van der Waals surface area contributed by atoms with Gasteiger partial charge in [0.15, 0.2) is 5.82 Å². The summed E-state index contributed by atoms with van der Waals surface area (Å²) in [6.07, 6.45) is -0.854. The minimum absolute atomic E-state index is 0.0355. The van der Waals surface area contributed by atoms with E-state index in [1.807, 2.05) is 19.1 Å². The summed E-state index contributed by atoms with van der Waals surface area (Å²) in [7, 11) is -0.768. The Bertz CT molecular complexity index is 1890. The molecular formula is C32H36F2N6O6S. The second-order valence-corrected chi connectivity index (χ2v) is 13.2. The fraction of sp³-hybridized carbons (Fsp3) is 0.344. The van der Waals surface area contributed by atoms with Crippen molar-refractivity contribution in [2.75, 3.05) is 69.1 Å². The number of nitrogens with zero attached hydrogens (tertiary/aromatic N) is 4. The number of sulfone groups is 1. The van der Waals surface area contributed by atoms with Crippen molar-refractivity contribution >= 4 is 49.9 Å². The first-order valence-corrected chi connectivity index (χ1v) is 16.4.